The number of carbonyl (C=O) groups excluding carboxylic acids is 1. The lowest BCUT2D eigenvalue weighted by Crippen LogP contribution is -2.39. The van der Waals surface area contributed by atoms with Gasteiger partial charge in [0.1, 0.15) is 11.9 Å². The van der Waals surface area contributed by atoms with Crippen LogP contribution < -0.4 is 15.4 Å². The molecule has 0 saturated heterocycles. The molecular weight excluding hydrogens is 445 g/mol. The fourth-order valence-corrected chi connectivity index (χ4v) is 1.86. The summed E-state index contributed by atoms with van der Waals surface area (Å²) in [6.07, 6.45) is 0.199. The van der Waals surface area contributed by atoms with Gasteiger partial charge in [-0.15, -0.1) is 24.0 Å². The molecule has 8 heteroatoms. The number of carbonyl (C=O) groups is 1. The highest BCUT2D eigenvalue weighted by atomic mass is 127. The van der Waals surface area contributed by atoms with Crippen LogP contribution >= 0.6 is 35.6 Å². The Morgan fingerprint density at radius 2 is 1.96 bits per heavy atom. The Labute approximate surface area is 165 Å². The predicted octanol–water partition coefficient (Wildman–Crippen LogP) is 2.84. The number of methoxy groups -OCH3 is 1. The van der Waals surface area contributed by atoms with Gasteiger partial charge in [-0.05, 0) is 38.1 Å². The van der Waals surface area contributed by atoms with Crippen molar-refractivity contribution in [2.24, 2.45) is 4.99 Å². The summed E-state index contributed by atoms with van der Waals surface area (Å²) in [5, 5.41) is 6.87. The monoisotopic (exact) mass is 469 g/mol. The van der Waals surface area contributed by atoms with E-state index >= 15 is 0 Å². The maximum Gasteiger partial charge on any atom is 0.307 e. The topological polar surface area (TPSA) is 72.0 Å². The second-order valence-corrected chi connectivity index (χ2v) is 5.29. The van der Waals surface area contributed by atoms with Gasteiger partial charge in [0.15, 0.2) is 5.96 Å². The molecule has 1 aromatic carbocycles. The van der Waals surface area contributed by atoms with E-state index in [1.165, 1.54) is 7.11 Å². The van der Waals surface area contributed by atoms with Crippen LogP contribution in [-0.4, -0.2) is 44.8 Å². The second-order valence-electron chi connectivity index (χ2n) is 4.85. The number of nitrogens with one attached hydrogen (secondary N) is 2. The summed E-state index contributed by atoms with van der Waals surface area (Å²) in [6, 6.07) is 7.21. The van der Waals surface area contributed by atoms with E-state index in [0.717, 1.165) is 12.3 Å². The van der Waals surface area contributed by atoms with Gasteiger partial charge in [-0.25, -0.2) is 4.99 Å². The van der Waals surface area contributed by atoms with Crippen molar-refractivity contribution in [3.8, 4) is 5.75 Å². The molecule has 0 fully saturated rings. The second kappa shape index (κ2) is 13.1. The van der Waals surface area contributed by atoms with Gasteiger partial charge >= 0.3 is 5.97 Å². The SMILES string of the molecule is CCNC(=NCC(C)Oc1ccc(Cl)cc1)NCCC(=O)OC.I. The largest absolute Gasteiger partial charge is 0.489 e. The third-order valence-corrected chi connectivity index (χ3v) is 3.10. The molecule has 24 heavy (non-hydrogen) atoms. The van der Waals surface area contributed by atoms with E-state index in [1.54, 1.807) is 12.1 Å². The van der Waals surface area contributed by atoms with E-state index in [2.05, 4.69) is 20.4 Å². The van der Waals surface area contributed by atoms with E-state index < -0.39 is 0 Å². The first-order chi connectivity index (χ1) is 11.0. The van der Waals surface area contributed by atoms with Crippen molar-refractivity contribution >= 4 is 47.5 Å². The number of aliphatic imine (C=N–C) groups is 1. The van der Waals surface area contributed by atoms with Crippen LogP contribution in [0.15, 0.2) is 29.3 Å². The summed E-state index contributed by atoms with van der Waals surface area (Å²) in [7, 11) is 1.37. The molecule has 0 amide bonds. The van der Waals surface area contributed by atoms with Crippen molar-refractivity contribution in [3.63, 3.8) is 0 Å². The Morgan fingerprint density at radius 1 is 1.29 bits per heavy atom. The Kier molecular flexibility index (Phi) is 12.4. The fraction of sp³-hybridized carbons (Fsp3) is 0.500. The number of hydrogen-bond donors (Lipinski definition) is 2. The molecule has 0 radical (unpaired) electrons. The van der Waals surface area contributed by atoms with Crippen LogP contribution in [0.3, 0.4) is 0 Å². The molecule has 2 N–H and O–H groups in total. The zero-order chi connectivity index (χ0) is 17.1. The number of rotatable bonds is 8. The minimum atomic E-state index is -0.257. The standard InChI is InChI=1S/C16H24ClN3O3.HI/c1-4-18-16(19-10-9-15(21)22-3)20-11-12(2)23-14-7-5-13(17)6-8-14;/h5-8,12H,4,9-11H2,1-3H3,(H2,18,19,20);1H. The van der Waals surface area contributed by atoms with Crippen molar-refractivity contribution in [2.45, 2.75) is 26.4 Å². The van der Waals surface area contributed by atoms with Crippen LogP contribution in [-0.2, 0) is 9.53 Å². The van der Waals surface area contributed by atoms with Crippen LogP contribution in [0.4, 0.5) is 0 Å². The molecule has 0 aliphatic rings. The number of guanidine groups is 1. The molecule has 0 aromatic heterocycles. The third-order valence-electron chi connectivity index (χ3n) is 2.85. The minimum absolute atomic E-state index is 0. The van der Waals surface area contributed by atoms with Crippen LogP contribution in [0.1, 0.15) is 20.3 Å². The van der Waals surface area contributed by atoms with Gasteiger partial charge < -0.3 is 20.1 Å². The Hall–Kier alpha value is -1.22. The number of benzene rings is 1. The van der Waals surface area contributed by atoms with Crippen molar-refractivity contribution in [2.75, 3.05) is 26.7 Å². The first-order valence-electron chi connectivity index (χ1n) is 7.56. The van der Waals surface area contributed by atoms with Gasteiger partial charge in [0, 0.05) is 18.1 Å². The van der Waals surface area contributed by atoms with Gasteiger partial charge in [-0.1, -0.05) is 11.6 Å². The molecule has 1 unspecified atom stereocenters. The number of esters is 1. The van der Waals surface area contributed by atoms with Gasteiger partial charge in [0.25, 0.3) is 0 Å². The Morgan fingerprint density at radius 3 is 2.54 bits per heavy atom. The van der Waals surface area contributed by atoms with E-state index in [-0.39, 0.29) is 42.5 Å². The van der Waals surface area contributed by atoms with Crippen molar-refractivity contribution in [1.82, 2.24) is 10.6 Å². The molecule has 136 valence electrons. The van der Waals surface area contributed by atoms with Gasteiger partial charge in [0.05, 0.1) is 20.1 Å². The van der Waals surface area contributed by atoms with E-state index in [4.69, 9.17) is 16.3 Å². The molecule has 0 aliphatic heterocycles. The lowest BCUT2D eigenvalue weighted by atomic mass is 10.3. The molecule has 1 atom stereocenters. The first kappa shape index (κ1) is 22.8. The molecule has 0 saturated carbocycles. The van der Waals surface area contributed by atoms with Gasteiger partial charge in [-0.3, -0.25) is 4.79 Å². The summed E-state index contributed by atoms with van der Waals surface area (Å²) >= 11 is 5.84. The Balaban J connectivity index is 0.00000529. The quantitative estimate of drug-likeness (QED) is 0.265. The number of nitrogens with zero attached hydrogens (tertiary/aromatic N) is 1. The highest BCUT2D eigenvalue weighted by Gasteiger charge is 2.05. The van der Waals surface area contributed by atoms with Crippen molar-refractivity contribution in [3.05, 3.63) is 29.3 Å². The summed E-state index contributed by atoms with van der Waals surface area (Å²) in [4.78, 5) is 15.5. The Bertz CT molecular complexity index is 512. The van der Waals surface area contributed by atoms with Crippen LogP contribution in [0, 0.1) is 0 Å². The lowest BCUT2D eigenvalue weighted by molar-refractivity contribution is -0.140. The van der Waals surface area contributed by atoms with Crippen LogP contribution in [0.2, 0.25) is 5.02 Å². The maximum atomic E-state index is 11.1. The lowest BCUT2D eigenvalue weighted by Gasteiger charge is -2.15. The van der Waals surface area contributed by atoms with E-state index in [9.17, 15) is 4.79 Å². The highest BCUT2D eigenvalue weighted by molar-refractivity contribution is 14.0. The third kappa shape index (κ3) is 9.82. The average Bonchev–Trinajstić information content (AvgIpc) is 2.54. The maximum absolute atomic E-state index is 11.1. The highest BCUT2D eigenvalue weighted by Crippen LogP contribution is 2.16. The van der Waals surface area contributed by atoms with E-state index in [1.807, 2.05) is 26.0 Å². The van der Waals surface area contributed by atoms with Crippen molar-refractivity contribution in [1.29, 1.82) is 0 Å². The molecule has 6 nitrogen and oxygen atoms in total. The molecule has 0 spiro atoms. The number of hydrogen-bond acceptors (Lipinski definition) is 4. The van der Waals surface area contributed by atoms with Gasteiger partial charge in [0.2, 0.25) is 0 Å². The molecular formula is C16H25ClIN3O3. The minimum Gasteiger partial charge on any atom is -0.489 e. The summed E-state index contributed by atoms with van der Waals surface area (Å²) in [5.74, 6) is 1.14. The molecule has 0 bridgehead atoms. The summed E-state index contributed by atoms with van der Waals surface area (Å²) in [6.45, 7) is 5.60. The zero-order valence-corrected chi connectivity index (χ0v) is 17.3. The number of ether oxygens (including phenoxy) is 2. The number of halogens is 2. The molecule has 1 rings (SSSR count). The van der Waals surface area contributed by atoms with Gasteiger partial charge in [-0.2, -0.15) is 0 Å². The van der Waals surface area contributed by atoms with E-state index in [0.29, 0.717) is 24.1 Å². The van der Waals surface area contributed by atoms with Crippen LogP contribution in [0.25, 0.3) is 0 Å². The molecule has 0 aliphatic carbocycles. The molecule has 0 heterocycles. The normalized spacial score (nSPS) is 11.9. The van der Waals surface area contributed by atoms with Crippen LogP contribution in [0.5, 0.6) is 5.75 Å². The molecule has 1 aromatic rings. The average molecular weight is 470 g/mol. The zero-order valence-electron chi connectivity index (χ0n) is 14.2. The fourth-order valence-electron chi connectivity index (χ4n) is 1.73. The predicted molar refractivity (Wildman–Crippen MR) is 108 cm³/mol. The first-order valence-corrected chi connectivity index (χ1v) is 7.94. The summed E-state index contributed by atoms with van der Waals surface area (Å²) < 4.78 is 10.4. The summed E-state index contributed by atoms with van der Waals surface area (Å²) in [5.41, 5.74) is 0. The van der Waals surface area contributed by atoms with Crippen molar-refractivity contribution < 1.29 is 14.3 Å². The smallest absolute Gasteiger partial charge is 0.307 e.